The first-order chi connectivity index (χ1) is 15.0. The van der Waals surface area contributed by atoms with Gasteiger partial charge in [-0.05, 0) is 47.2 Å². The number of ketones is 1. The Morgan fingerprint density at radius 1 is 1.13 bits per heavy atom. The first-order valence-electron chi connectivity index (χ1n) is 9.45. The molecule has 3 heterocycles. The molecule has 1 saturated heterocycles. The third kappa shape index (κ3) is 3.05. The highest BCUT2D eigenvalue weighted by Crippen LogP contribution is 2.30. The van der Waals surface area contributed by atoms with E-state index in [1.54, 1.807) is 49.4 Å². The van der Waals surface area contributed by atoms with Crippen molar-refractivity contribution in [2.75, 3.05) is 6.54 Å². The number of rotatable bonds is 5. The largest absolute Gasteiger partial charge is 0.453 e. The molecule has 1 N–H and O–H groups in total. The standard InChI is InChI=1S/C21H16N6O4/c1-21(14-6-4-7-15(10-14)27-12-22-24-25-27)19(29)26(20(30)23-21)11-16(28)18-9-13-5-2-3-8-17(13)31-18/h2-10,12H,11H2,1H3,(H,23,30)/t21-/m0/s1. The second-order valence-electron chi connectivity index (χ2n) is 7.32. The first-order valence-corrected chi connectivity index (χ1v) is 9.45. The predicted octanol–water partition coefficient (Wildman–Crippen LogP) is 2.06. The lowest BCUT2D eigenvalue weighted by atomic mass is 9.91. The number of nitrogens with one attached hydrogen (secondary N) is 1. The lowest BCUT2D eigenvalue weighted by Crippen LogP contribution is -2.41. The molecular formula is C21H16N6O4. The van der Waals surface area contributed by atoms with Crippen LogP contribution in [0.4, 0.5) is 4.79 Å². The molecule has 1 aliphatic heterocycles. The zero-order valence-electron chi connectivity index (χ0n) is 16.3. The van der Waals surface area contributed by atoms with Crippen LogP contribution in [0.5, 0.6) is 0 Å². The number of hydrogen-bond donors (Lipinski definition) is 1. The Labute approximate surface area is 175 Å². The number of carbonyl (C=O) groups is 3. The maximum atomic E-state index is 13.2. The second kappa shape index (κ2) is 6.87. The molecule has 0 saturated carbocycles. The van der Waals surface area contributed by atoms with Crippen LogP contribution in [0.25, 0.3) is 16.7 Å². The van der Waals surface area contributed by atoms with Crippen molar-refractivity contribution in [3.63, 3.8) is 0 Å². The summed E-state index contributed by atoms with van der Waals surface area (Å²) in [4.78, 5) is 39.4. The molecule has 10 nitrogen and oxygen atoms in total. The van der Waals surface area contributed by atoms with E-state index in [4.69, 9.17) is 4.42 Å². The van der Waals surface area contributed by atoms with E-state index in [1.165, 1.54) is 11.0 Å². The third-order valence-electron chi connectivity index (χ3n) is 5.31. The van der Waals surface area contributed by atoms with Gasteiger partial charge < -0.3 is 9.73 Å². The van der Waals surface area contributed by atoms with Crippen molar-refractivity contribution in [3.05, 3.63) is 72.2 Å². The van der Waals surface area contributed by atoms with Gasteiger partial charge in [-0.3, -0.25) is 14.5 Å². The van der Waals surface area contributed by atoms with Crippen LogP contribution in [0.2, 0.25) is 0 Å². The Morgan fingerprint density at radius 3 is 2.74 bits per heavy atom. The van der Waals surface area contributed by atoms with Crippen LogP contribution in [-0.2, 0) is 10.3 Å². The monoisotopic (exact) mass is 416 g/mol. The lowest BCUT2D eigenvalue weighted by Gasteiger charge is -2.22. The molecule has 0 bridgehead atoms. The van der Waals surface area contributed by atoms with Crippen molar-refractivity contribution < 1.29 is 18.8 Å². The minimum absolute atomic E-state index is 0.0936. The van der Waals surface area contributed by atoms with E-state index in [9.17, 15) is 14.4 Å². The molecular weight excluding hydrogens is 400 g/mol. The van der Waals surface area contributed by atoms with Crippen molar-refractivity contribution in [1.82, 2.24) is 30.4 Å². The van der Waals surface area contributed by atoms with E-state index in [-0.39, 0.29) is 5.76 Å². The highest BCUT2D eigenvalue weighted by molar-refractivity contribution is 6.11. The fraction of sp³-hybridized carbons (Fsp3) is 0.143. The van der Waals surface area contributed by atoms with Gasteiger partial charge in [0, 0.05) is 5.39 Å². The van der Waals surface area contributed by atoms with Gasteiger partial charge in [0.05, 0.1) is 12.2 Å². The Bertz CT molecular complexity index is 1300. The zero-order valence-corrected chi connectivity index (χ0v) is 16.3. The molecule has 154 valence electrons. The number of hydrogen-bond acceptors (Lipinski definition) is 7. The molecule has 3 amide bonds. The molecule has 0 aliphatic carbocycles. The molecule has 1 atom stereocenters. The van der Waals surface area contributed by atoms with Crippen LogP contribution in [0.1, 0.15) is 23.0 Å². The molecule has 0 spiro atoms. The number of Topliss-reactive ketones (excluding diaryl/α,β-unsaturated/α-hetero) is 1. The van der Waals surface area contributed by atoms with Gasteiger partial charge in [-0.2, -0.15) is 0 Å². The van der Waals surface area contributed by atoms with Gasteiger partial charge in [0.15, 0.2) is 5.76 Å². The van der Waals surface area contributed by atoms with Crippen molar-refractivity contribution in [1.29, 1.82) is 0 Å². The summed E-state index contributed by atoms with van der Waals surface area (Å²) in [7, 11) is 0. The van der Waals surface area contributed by atoms with Crippen LogP contribution in [0, 0.1) is 0 Å². The number of aromatic nitrogens is 4. The minimum atomic E-state index is -1.34. The average molecular weight is 416 g/mol. The number of para-hydroxylation sites is 1. The van der Waals surface area contributed by atoms with Crippen LogP contribution in [0.15, 0.2) is 65.3 Å². The Kier molecular flexibility index (Phi) is 4.14. The fourth-order valence-corrected chi connectivity index (χ4v) is 3.62. The predicted molar refractivity (Wildman–Crippen MR) is 107 cm³/mol. The minimum Gasteiger partial charge on any atom is -0.453 e. The van der Waals surface area contributed by atoms with Gasteiger partial charge in [0.1, 0.15) is 17.4 Å². The quantitative estimate of drug-likeness (QED) is 0.390. The van der Waals surface area contributed by atoms with E-state index in [1.807, 2.05) is 12.1 Å². The molecule has 4 aromatic rings. The molecule has 2 aromatic heterocycles. The third-order valence-corrected chi connectivity index (χ3v) is 5.31. The Morgan fingerprint density at radius 2 is 1.97 bits per heavy atom. The molecule has 1 aliphatic rings. The van der Waals surface area contributed by atoms with E-state index < -0.39 is 29.8 Å². The van der Waals surface area contributed by atoms with Crippen LogP contribution in [0.3, 0.4) is 0 Å². The summed E-state index contributed by atoms with van der Waals surface area (Å²) < 4.78 is 7.00. The summed E-state index contributed by atoms with van der Waals surface area (Å²) in [6.45, 7) is 1.17. The number of carbonyl (C=O) groups excluding carboxylic acids is 3. The number of urea groups is 1. The Balaban J connectivity index is 1.41. The van der Waals surface area contributed by atoms with Crippen LogP contribution >= 0.6 is 0 Å². The summed E-state index contributed by atoms with van der Waals surface area (Å²) in [5.41, 5.74) is 0.391. The van der Waals surface area contributed by atoms with Crippen LogP contribution in [-0.4, -0.2) is 49.4 Å². The molecule has 2 aromatic carbocycles. The summed E-state index contributed by atoms with van der Waals surface area (Å²) in [5.74, 6) is -0.904. The van der Waals surface area contributed by atoms with E-state index in [2.05, 4.69) is 20.8 Å². The number of fused-ring (bicyclic) bond motifs is 1. The molecule has 0 radical (unpaired) electrons. The Hall–Kier alpha value is -4.34. The molecule has 0 unspecified atom stereocenters. The highest BCUT2D eigenvalue weighted by atomic mass is 16.3. The second-order valence-corrected chi connectivity index (χ2v) is 7.32. The average Bonchev–Trinajstić information content (AvgIpc) is 3.50. The topological polar surface area (TPSA) is 123 Å². The number of nitrogens with zero attached hydrogens (tertiary/aromatic N) is 5. The van der Waals surface area contributed by atoms with Gasteiger partial charge in [-0.1, -0.05) is 30.3 Å². The van der Waals surface area contributed by atoms with E-state index in [0.717, 1.165) is 10.3 Å². The van der Waals surface area contributed by atoms with Crippen molar-refractivity contribution in [2.45, 2.75) is 12.5 Å². The van der Waals surface area contributed by atoms with Crippen LogP contribution < -0.4 is 5.32 Å². The van der Waals surface area contributed by atoms with Gasteiger partial charge in [0.2, 0.25) is 5.78 Å². The first kappa shape index (κ1) is 18.7. The molecule has 10 heteroatoms. The fourth-order valence-electron chi connectivity index (χ4n) is 3.62. The number of tetrazole rings is 1. The van der Waals surface area contributed by atoms with E-state index in [0.29, 0.717) is 16.8 Å². The maximum absolute atomic E-state index is 13.2. The van der Waals surface area contributed by atoms with Crippen molar-refractivity contribution in [3.8, 4) is 5.69 Å². The summed E-state index contributed by atoms with van der Waals surface area (Å²) >= 11 is 0. The summed E-state index contributed by atoms with van der Waals surface area (Å²) in [6, 6.07) is 15.1. The number of furan rings is 1. The zero-order chi connectivity index (χ0) is 21.6. The molecule has 31 heavy (non-hydrogen) atoms. The number of amides is 3. The van der Waals surface area contributed by atoms with Gasteiger partial charge in [-0.25, -0.2) is 9.48 Å². The number of benzene rings is 2. The molecule has 5 rings (SSSR count). The van der Waals surface area contributed by atoms with E-state index >= 15 is 0 Å². The van der Waals surface area contributed by atoms with Gasteiger partial charge >= 0.3 is 6.03 Å². The smallest absolute Gasteiger partial charge is 0.325 e. The normalized spacial score (nSPS) is 18.5. The van der Waals surface area contributed by atoms with Crippen molar-refractivity contribution in [2.24, 2.45) is 0 Å². The van der Waals surface area contributed by atoms with Gasteiger partial charge in [-0.15, -0.1) is 5.10 Å². The molecule has 1 fully saturated rings. The maximum Gasteiger partial charge on any atom is 0.325 e. The summed E-state index contributed by atoms with van der Waals surface area (Å²) in [5, 5.41) is 14.5. The number of imide groups is 1. The lowest BCUT2D eigenvalue weighted by molar-refractivity contribution is -0.130. The SMILES string of the molecule is C[C@@]1(c2cccc(-n3cnnn3)c2)NC(=O)N(CC(=O)c2cc3ccccc3o2)C1=O. The highest BCUT2D eigenvalue weighted by Gasteiger charge is 2.49. The van der Waals surface area contributed by atoms with Crippen molar-refractivity contribution >= 4 is 28.7 Å². The summed E-state index contributed by atoms with van der Waals surface area (Å²) in [6.07, 6.45) is 1.43. The van der Waals surface area contributed by atoms with Gasteiger partial charge in [0.25, 0.3) is 5.91 Å².